The molecule has 3 heterocycles. The third-order valence-electron chi connectivity index (χ3n) is 5.21. The Labute approximate surface area is 171 Å². The third kappa shape index (κ3) is 3.70. The van der Waals surface area contributed by atoms with E-state index in [9.17, 15) is 4.79 Å². The summed E-state index contributed by atoms with van der Waals surface area (Å²) in [5, 5.41) is 0. The lowest BCUT2D eigenvalue weighted by Gasteiger charge is -2.19. The summed E-state index contributed by atoms with van der Waals surface area (Å²) < 4.78 is 7.77. The van der Waals surface area contributed by atoms with E-state index in [0.29, 0.717) is 23.7 Å². The standard InChI is InChI=1S/C22H27N5O2/c1-4-10-26(11-5-2)12-16-14-29-21(24-16)20-19-13-25(3)22(28)17-8-6-7-9-18(17)27(19)15-23-20/h6-9,14-15H,4-5,10-13H2,1-3H3. The van der Waals surface area contributed by atoms with Crippen LogP contribution in [0.4, 0.5) is 0 Å². The van der Waals surface area contributed by atoms with Crippen LogP contribution in [-0.4, -0.2) is 50.4 Å². The van der Waals surface area contributed by atoms with Crippen molar-refractivity contribution in [3.8, 4) is 17.3 Å². The smallest absolute Gasteiger partial charge is 0.256 e. The SMILES string of the molecule is CCCN(CCC)Cc1coc(-c2ncn3c2CN(C)C(=O)c2ccccc2-3)n1. The van der Waals surface area contributed by atoms with Crippen LogP contribution in [0.3, 0.4) is 0 Å². The number of hydrogen-bond donors (Lipinski definition) is 0. The average Bonchev–Trinajstić information content (AvgIpc) is 3.32. The minimum atomic E-state index is -0.00174. The molecule has 152 valence electrons. The van der Waals surface area contributed by atoms with Crippen LogP contribution < -0.4 is 0 Å². The normalized spacial score (nSPS) is 13.5. The number of benzene rings is 1. The molecular formula is C22H27N5O2. The van der Waals surface area contributed by atoms with Crippen LogP contribution in [0.5, 0.6) is 0 Å². The number of aromatic nitrogens is 3. The number of amides is 1. The molecule has 0 saturated carbocycles. The second kappa shape index (κ2) is 8.21. The Morgan fingerprint density at radius 2 is 1.93 bits per heavy atom. The summed E-state index contributed by atoms with van der Waals surface area (Å²) in [5.74, 6) is 0.500. The fourth-order valence-electron chi connectivity index (χ4n) is 3.90. The molecule has 1 amide bonds. The van der Waals surface area contributed by atoms with Crippen molar-refractivity contribution in [2.75, 3.05) is 20.1 Å². The average molecular weight is 393 g/mol. The lowest BCUT2D eigenvalue weighted by Crippen LogP contribution is -2.25. The summed E-state index contributed by atoms with van der Waals surface area (Å²) in [6.45, 7) is 7.67. The zero-order valence-electron chi connectivity index (χ0n) is 17.3. The fourth-order valence-corrected chi connectivity index (χ4v) is 3.90. The van der Waals surface area contributed by atoms with E-state index in [4.69, 9.17) is 9.40 Å². The van der Waals surface area contributed by atoms with E-state index in [2.05, 4.69) is 23.7 Å². The van der Waals surface area contributed by atoms with Crippen LogP contribution in [-0.2, 0) is 13.1 Å². The second-order valence-corrected chi connectivity index (χ2v) is 7.51. The maximum absolute atomic E-state index is 12.7. The molecule has 7 heteroatoms. The summed E-state index contributed by atoms with van der Waals surface area (Å²) in [4.78, 5) is 26.1. The summed E-state index contributed by atoms with van der Waals surface area (Å²) in [6, 6.07) is 7.60. The number of imidazole rings is 1. The number of para-hydroxylation sites is 1. The van der Waals surface area contributed by atoms with Crippen molar-refractivity contribution in [2.24, 2.45) is 0 Å². The molecule has 0 aliphatic carbocycles. The van der Waals surface area contributed by atoms with E-state index in [-0.39, 0.29) is 5.91 Å². The number of carbonyl (C=O) groups excluding carboxylic acids is 1. The molecule has 2 aromatic heterocycles. The monoisotopic (exact) mass is 393 g/mol. The predicted octanol–water partition coefficient (Wildman–Crippen LogP) is 3.73. The summed E-state index contributed by atoms with van der Waals surface area (Å²) >= 11 is 0. The number of nitrogens with zero attached hydrogens (tertiary/aromatic N) is 5. The lowest BCUT2D eigenvalue weighted by atomic mass is 10.1. The van der Waals surface area contributed by atoms with Crippen molar-refractivity contribution in [1.82, 2.24) is 24.3 Å². The van der Waals surface area contributed by atoms with Gasteiger partial charge in [0.15, 0.2) is 0 Å². The maximum Gasteiger partial charge on any atom is 0.256 e. The first-order chi connectivity index (χ1) is 14.1. The van der Waals surface area contributed by atoms with E-state index < -0.39 is 0 Å². The number of carbonyl (C=O) groups is 1. The van der Waals surface area contributed by atoms with Crippen LogP contribution >= 0.6 is 0 Å². The van der Waals surface area contributed by atoms with Crippen LogP contribution in [0.2, 0.25) is 0 Å². The first-order valence-electron chi connectivity index (χ1n) is 10.2. The topological polar surface area (TPSA) is 67.4 Å². The van der Waals surface area contributed by atoms with Gasteiger partial charge in [-0.15, -0.1) is 0 Å². The molecule has 1 aliphatic rings. The highest BCUT2D eigenvalue weighted by Crippen LogP contribution is 2.30. The first-order valence-corrected chi connectivity index (χ1v) is 10.2. The van der Waals surface area contributed by atoms with Gasteiger partial charge >= 0.3 is 0 Å². The van der Waals surface area contributed by atoms with Crippen LogP contribution in [0, 0.1) is 0 Å². The third-order valence-corrected chi connectivity index (χ3v) is 5.21. The minimum Gasteiger partial charge on any atom is -0.443 e. The van der Waals surface area contributed by atoms with Gasteiger partial charge in [-0.05, 0) is 38.1 Å². The number of fused-ring (bicyclic) bond motifs is 3. The quantitative estimate of drug-likeness (QED) is 0.612. The first kappa shape index (κ1) is 19.4. The van der Waals surface area contributed by atoms with E-state index in [0.717, 1.165) is 49.6 Å². The maximum atomic E-state index is 12.7. The molecule has 0 bridgehead atoms. The highest BCUT2D eigenvalue weighted by atomic mass is 16.3. The van der Waals surface area contributed by atoms with Crippen molar-refractivity contribution in [3.05, 3.63) is 53.8 Å². The van der Waals surface area contributed by atoms with Crippen molar-refractivity contribution in [2.45, 2.75) is 39.8 Å². The summed E-state index contributed by atoms with van der Waals surface area (Å²) in [7, 11) is 1.81. The van der Waals surface area contributed by atoms with E-state index in [1.165, 1.54) is 0 Å². The highest BCUT2D eigenvalue weighted by molar-refractivity contribution is 5.98. The van der Waals surface area contributed by atoms with Gasteiger partial charge in [-0.1, -0.05) is 26.0 Å². The fraction of sp³-hybridized carbons (Fsp3) is 0.409. The number of rotatable bonds is 7. The number of hydrogen-bond acceptors (Lipinski definition) is 5. The van der Waals surface area contributed by atoms with E-state index >= 15 is 0 Å². The van der Waals surface area contributed by atoms with Gasteiger partial charge in [0, 0.05) is 13.6 Å². The molecule has 0 spiro atoms. The molecule has 1 aliphatic heterocycles. The Morgan fingerprint density at radius 3 is 2.69 bits per heavy atom. The van der Waals surface area contributed by atoms with Crippen LogP contribution in [0.25, 0.3) is 17.3 Å². The summed E-state index contributed by atoms with van der Waals surface area (Å²) in [5.41, 5.74) is 3.99. The molecule has 29 heavy (non-hydrogen) atoms. The van der Waals surface area contributed by atoms with Crippen molar-refractivity contribution < 1.29 is 9.21 Å². The zero-order chi connectivity index (χ0) is 20.4. The van der Waals surface area contributed by atoms with Gasteiger partial charge in [-0.25, -0.2) is 9.97 Å². The molecular weight excluding hydrogens is 366 g/mol. The van der Waals surface area contributed by atoms with Crippen LogP contribution in [0.1, 0.15) is 48.4 Å². The van der Waals surface area contributed by atoms with Gasteiger partial charge < -0.3 is 9.32 Å². The van der Waals surface area contributed by atoms with Gasteiger partial charge in [-0.2, -0.15) is 0 Å². The molecule has 0 fully saturated rings. The Morgan fingerprint density at radius 1 is 1.17 bits per heavy atom. The molecule has 3 aromatic rings. The Balaban J connectivity index is 1.67. The Bertz CT molecular complexity index is 1000. The zero-order valence-corrected chi connectivity index (χ0v) is 17.3. The van der Waals surface area contributed by atoms with E-state index in [1.54, 1.807) is 24.5 Å². The Hall–Kier alpha value is -2.93. The van der Waals surface area contributed by atoms with Gasteiger partial charge in [0.2, 0.25) is 5.89 Å². The van der Waals surface area contributed by atoms with Gasteiger partial charge in [0.25, 0.3) is 5.91 Å². The van der Waals surface area contributed by atoms with Crippen molar-refractivity contribution in [1.29, 1.82) is 0 Å². The highest BCUT2D eigenvalue weighted by Gasteiger charge is 2.27. The molecule has 4 rings (SSSR count). The summed E-state index contributed by atoms with van der Waals surface area (Å²) in [6.07, 6.45) is 5.69. The lowest BCUT2D eigenvalue weighted by molar-refractivity contribution is 0.0788. The molecule has 0 saturated heterocycles. The second-order valence-electron chi connectivity index (χ2n) is 7.51. The predicted molar refractivity (Wildman–Crippen MR) is 111 cm³/mol. The molecule has 1 aromatic carbocycles. The molecule has 0 radical (unpaired) electrons. The molecule has 0 atom stereocenters. The van der Waals surface area contributed by atoms with Gasteiger partial charge in [0.05, 0.1) is 29.2 Å². The van der Waals surface area contributed by atoms with Gasteiger partial charge in [-0.3, -0.25) is 14.3 Å². The van der Waals surface area contributed by atoms with Crippen molar-refractivity contribution in [3.63, 3.8) is 0 Å². The minimum absolute atomic E-state index is 0.00174. The Kier molecular flexibility index (Phi) is 5.49. The molecule has 7 nitrogen and oxygen atoms in total. The molecule has 0 N–H and O–H groups in total. The van der Waals surface area contributed by atoms with Gasteiger partial charge in [0.1, 0.15) is 18.3 Å². The van der Waals surface area contributed by atoms with Crippen molar-refractivity contribution >= 4 is 5.91 Å². The molecule has 0 unspecified atom stereocenters. The number of oxazole rings is 1. The largest absolute Gasteiger partial charge is 0.443 e. The van der Waals surface area contributed by atoms with E-state index in [1.807, 2.05) is 28.8 Å². The van der Waals surface area contributed by atoms with Crippen LogP contribution in [0.15, 0.2) is 41.3 Å².